The van der Waals surface area contributed by atoms with Crippen LogP contribution in [-0.2, 0) is 9.59 Å². The Labute approximate surface area is 164 Å². The molecule has 7 heteroatoms. The van der Waals surface area contributed by atoms with Crippen LogP contribution in [0.3, 0.4) is 0 Å². The number of para-hydroxylation sites is 1. The third kappa shape index (κ3) is 5.26. The van der Waals surface area contributed by atoms with Gasteiger partial charge >= 0.3 is 0 Å². The number of nitrogens with one attached hydrogen (secondary N) is 1. The zero-order valence-corrected chi connectivity index (χ0v) is 16.9. The number of likely N-dealkylation sites (tertiary alicyclic amines) is 1. The molecule has 1 fully saturated rings. The molecular weight excluding hydrogens is 360 g/mol. The highest BCUT2D eigenvalue weighted by Gasteiger charge is 2.25. The van der Waals surface area contributed by atoms with Crippen molar-refractivity contribution < 1.29 is 9.59 Å². The van der Waals surface area contributed by atoms with Crippen LogP contribution in [0.1, 0.15) is 37.1 Å². The number of carbonyl (C=O) groups is 2. The largest absolute Gasteiger partial charge is 0.355 e. The first-order chi connectivity index (χ1) is 13.1. The Morgan fingerprint density at radius 1 is 1.30 bits per heavy atom. The van der Waals surface area contributed by atoms with E-state index in [1.807, 2.05) is 13.0 Å². The molecule has 0 bridgehead atoms. The van der Waals surface area contributed by atoms with Gasteiger partial charge in [-0.2, -0.15) is 0 Å². The molecule has 1 aliphatic heterocycles. The molecule has 0 spiro atoms. The van der Waals surface area contributed by atoms with Gasteiger partial charge in [-0.3, -0.25) is 14.5 Å². The molecular formula is C20H28N4O2S. The van der Waals surface area contributed by atoms with Crippen molar-refractivity contribution >= 4 is 33.4 Å². The number of benzene rings is 1. The lowest BCUT2D eigenvalue weighted by atomic mass is 9.97. The molecule has 3 rings (SSSR count). The molecule has 2 heterocycles. The molecule has 0 radical (unpaired) electrons. The Morgan fingerprint density at radius 3 is 2.74 bits per heavy atom. The van der Waals surface area contributed by atoms with Crippen LogP contribution in [0.2, 0.25) is 0 Å². The normalized spacial score (nSPS) is 15.8. The quantitative estimate of drug-likeness (QED) is 0.791. The van der Waals surface area contributed by atoms with Gasteiger partial charge in [0.25, 0.3) is 0 Å². The minimum Gasteiger partial charge on any atom is -0.355 e. The maximum Gasteiger partial charge on any atom is 0.239 e. The van der Waals surface area contributed by atoms with E-state index in [1.54, 1.807) is 18.4 Å². The number of hydrogen-bond acceptors (Lipinski definition) is 5. The van der Waals surface area contributed by atoms with Crippen molar-refractivity contribution in [2.75, 3.05) is 39.8 Å². The third-order valence-corrected chi connectivity index (χ3v) is 6.18. The average molecular weight is 389 g/mol. The van der Waals surface area contributed by atoms with Crippen LogP contribution in [0.15, 0.2) is 24.3 Å². The molecule has 1 aromatic carbocycles. The summed E-state index contributed by atoms with van der Waals surface area (Å²) in [5, 5.41) is 4.02. The molecule has 2 amide bonds. The van der Waals surface area contributed by atoms with Crippen LogP contribution in [0.5, 0.6) is 0 Å². The maximum atomic E-state index is 12.4. The van der Waals surface area contributed by atoms with Crippen LogP contribution < -0.4 is 5.32 Å². The van der Waals surface area contributed by atoms with Crippen molar-refractivity contribution in [2.24, 2.45) is 0 Å². The fraction of sp³-hybridized carbons (Fsp3) is 0.550. The second kappa shape index (κ2) is 9.28. The number of aromatic nitrogens is 1. The van der Waals surface area contributed by atoms with Crippen molar-refractivity contribution in [3.8, 4) is 0 Å². The Morgan fingerprint density at radius 2 is 2.04 bits per heavy atom. The summed E-state index contributed by atoms with van der Waals surface area (Å²) in [6.45, 7) is 4.95. The number of likely N-dealkylation sites (N-methyl/N-ethyl adjacent to an activating group) is 1. The Balaban J connectivity index is 1.46. The van der Waals surface area contributed by atoms with Gasteiger partial charge in [0.15, 0.2) is 0 Å². The fourth-order valence-electron chi connectivity index (χ4n) is 3.34. The molecule has 6 nitrogen and oxygen atoms in total. The van der Waals surface area contributed by atoms with Gasteiger partial charge in [0, 0.05) is 19.5 Å². The molecule has 0 atom stereocenters. The first-order valence-electron chi connectivity index (χ1n) is 9.65. The summed E-state index contributed by atoms with van der Waals surface area (Å²) < 4.78 is 1.24. The second-order valence-corrected chi connectivity index (χ2v) is 8.23. The van der Waals surface area contributed by atoms with E-state index < -0.39 is 0 Å². The van der Waals surface area contributed by atoms with E-state index in [0.29, 0.717) is 19.0 Å². The SMILES string of the molecule is CCCNC(=O)CN(C)C(=O)CN1CCC(c2nc3ccccc3s2)CC1. The number of thiazole rings is 1. The minimum atomic E-state index is -0.0951. The first kappa shape index (κ1) is 19.8. The lowest BCUT2D eigenvalue weighted by Crippen LogP contribution is -2.45. The summed E-state index contributed by atoms with van der Waals surface area (Å²) in [5.74, 6) is 0.383. The van der Waals surface area contributed by atoms with E-state index in [2.05, 4.69) is 28.4 Å². The average Bonchev–Trinajstić information content (AvgIpc) is 3.11. The van der Waals surface area contributed by atoms with Gasteiger partial charge in [0.05, 0.1) is 28.3 Å². The zero-order valence-electron chi connectivity index (χ0n) is 16.1. The van der Waals surface area contributed by atoms with Crippen LogP contribution in [0, 0.1) is 0 Å². The highest BCUT2D eigenvalue weighted by Crippen LogP contribution is 2.33. The lowest BCUT2D eigenvalue weighted by molar-refractivity contribution is -0.135. The summed E-state index contributed by atoms with van der Waals surface area (Å²) >= 11 is 1.79. The Kier molecular flexibility index (Phi) is 6.79. The molecule has 0 saturated carbocycles. The standard InChI is InChI=1S/C20H28N4O2S/c1-3-10-21-18(25)13-23(2)19(26)14-24-11-8-15(9-12-24)20-22-16-6-4-5-7-17(16)27-20/h4-7,15H,3,8-14H2,1-2H3,(H,21,25). The lowest BCUT2D eigenvalue weighted by Gasteiger charge is -2.31. The van der Waals surface area contributed by atoms with Crippen LogP contribution in [0.4, 0.5) is 0 Å². The molecule has 2 aromatic rings. The predicted molar refractivity (Wildman–Crippen MR) is 109 cm³/mol. The van der Waals surface area contributed by atoms with Gasteiger partial charge in [-0.1, -0.05) is 19.1 Å². The molecule has 1 aliphatic rings. The summed E-state index contributed by atoms with van der Waals surface area (Å²) in [7, 11) is 1.70. The maximum absolute atomic E-state index is 12.4. The third-order valence-electron chi connectivity index (χ3n) is 4.98. The van der Waals surface area contributed by atoms with Crippen LogP contribution in [0.25, 0.3) is 10.2 Å². The number of rotatable bonds is 7. The van der Waals surface area contributed by atoms with Gasteiger partial charge in [-0.15, -0.1) is 11.3 Å². The number of amides is 2. The van der Waals surface area contributed by atoms with Crippen molar-refractivity contribution in [3.05, 3.63) is 29.3 Å². The molecule has 27 heavy (non-hydrogen) atoms. The zero-order chi connectivity index (χ0) is 19.2. The first-order valence-corrected chi connectivity index (χ1v) is 10.5. The molecule has 0 aliphatic carbocycles. The van der Waals surface area contributed by atoms with Crippen LogP contribution >= 0.6 is 11.3 Å². The van der Waals surface area contributed by atoms with Crippen molar-refractivity contribution in [2.45, 2.75) is 32.1 Å². The van der Waals surface area contributed by atoms with Crippen molar-refractivity contribution in [1.82, 2.24) is 20.1 Å². The van der Waals surface area contributed by atoms with Crippen molar-refractivity contribution in [1.29, 1.82) is 0 Å². The van der Waals surface area contributed by atoms with E-state index in [9.17, 15) is 9.59 Å². The van der Waals surface area contributed by atoms with Gasteiger partial charge in [0.2, 0.25) is 11.8 Å². The van der Waals surface area contributed by atoms with E-state index in [-0.39, 0.29) is 18.4 Å². The van der Waals surface area contributed by atoms with Gasteiger partial charge in [-0.25, -0.2) is 4.98 Å². The van der Waals surface area contributed by atoms with E-state index in [1.165, 1.54) is 14.6 Å². The number of fused-ring (bicyclic) bond motifs is 1. The number of carbonyl (C=O) groups excluding carboxylic acids is 2. The molecule has 1 aromatic heterocycles. The molecule has 1 saturated heterocycles. The predicted octanol–water partition coefficient (Wildman–Crippen LogP) is 2.46. The van der Waals surface area contributed by atoms with Gasteiger partial charge < -0.3 is 10.2 Å². The summed E-state index contributed by atoms with van der Waals surface area (Å²) in [5.41, 5.74) is 1.08. The highest BCUT2D eigenvalue weighted by atomic mass is 32.1. The Bertz CT molecular complexity index is 750. The number of hydrogen-bond donors (Lipinski definition) is 1. The topological polar surface area (TPSA) is 65.5 Å². The summed E-state index contributed by atoms with van der Waals surface area (Å²) in [4.78, 5) is 32.6. The molecule has 1 N–H and O–H groups in total. The monoisotopic (exact) mass is 388 g/mol. The number of piperidine rings is 1. The van der Waals surface area contributed by atoms with E-state index in [4.69, 9.17) is 4.98 Å². The van der Waals surface area contributed by atoms with Crippen LogP contribution in [-0.4, -0.2) is 66.4 Å². The highest BCUT2D eigenvalue weighted by molar-refractivity contribution is 7.18. The van der Waals surface area contributed by atoms with E-state index >= 15 is 0 Å². The Hall–Kier alpha value is -1.99. The summed E-state index contributed by atoms with van der Waals surface area (Å²) in [6.07, 6.45) is 2.94. The van der Waals surface area contributed by atoms with E-state index in [0.717, 1.165) is 37.9 Å². The number of nitrogens with zero attached hydrogens (tertiary/aromatic N) is 3. The van der Waals surface area contributed by atoms with Gasteiger partial charge in [-0.05, 0) is 44.5 Å². The fourth-order valence-corrected chi connectivity index (χ4v) is 4.48. The van der Waals surface area contributed by atoms with Crippen molar-refractivity contribution in [3.63, 3.8) is 0 Å². The smallest absolute Gasteiger partial charge is 0.239 e. The molecule has 0 unspecified atom stereocenters. The summed E-state index contributed by atoms with van der Waals surface area (Å²) in [6, 6.07) is 8.27. The minimum absolute atomic E-state index is 0.0000792. The van der Waals surface area contributed by atoms with Gasteiger partial charge in [0.1, 0.15) is 0 Å². The molecule has 146 valence electrons. The second-order valence-electron chi connectivity index (χ2n) is 7.17.